The molecule has 1 aliphatic heterocycles. The highest BCUT2D eigenvalue weighted by molar-refractivity contribution is 7.80. The molecule has 0 radical (unpaired) electrons. The lowest BCUT2D eigenvalue weighted by Gasteiger charge is -2.35. The minimum Gasteiger partial charge on any atom is -0.358 e. The second kappa shape index (κ2) is 9.57. The summed E-state index contributed by atoms with van der Waals surface area (Å²) < 4.78 is 26.1. The van der Waals surface area contributed by atoms with Gasteiger partial charge in [-0.3, -0.25) is 9.69 Å². The summed E-state index contributed by atoms with van der Waals surface area (Å²) in [6.45, 7) is 3.62. The number of rotatable bonds is 5. The van der Waals surface area contributed by atoms with E-state index in [1.807, 2.05) is 4.90 Å². The van der Waals surface area contributed by atoms with Gasteiger partial charge in [0.05, 0.1) is 6.54 Å². The fourth-order valence-corrected chi connectivity index (χ4v) is 3.23. The van der Waals surface area contributed by atoms with E-state index in [-0.39, 0.29) is 24.1 Å². The number of nitrogens with zero attached hydrogens (tertiary/aromatic N) is 2. The quantitative estimate of drug-likeness (QED) is 0.751. The number of carbonyl (C=O) groups excluding carboxylic acids is 1. The van der Waals surface area contributed by atoms with Crippen LogP contribution in [0.5, 0.6) is 0 Å². The van der Waals surface area contributed by atoms with Crippen LogP contribution in [0.25, 0.3) is 0 Å². The van der Waals surface area contributed by atoms with Crippen LogP contribution < -0.4 is 10.6 Å². The first-order chi connectivity index (χ1) is 13.5. The second-order valence-corrected chi connectivity index (χ2v) is 6.99. The van der Waals surface area contributed by atoms with E-state index >= 15 is 0 Å². The molecule has 2 aromatic rings. The third-order valence-electron chi connectivity index (χ3n) is 4.49. The zero-order chi connectivity index (χ0) is 19.9. The van der Waals surface area contributed by atoms with Crippen LogP contribution in [0.1, 0.15) is 5.56 Å². The second-order valence-electron chi connectivity index (χ2n) is 6.61. The average Bonchev–Trinajstić information content (AvgIpc) is 2.68. The van der Waals surface area contributed by atoms with E-state index in [2.05, 4.69) is 15.5 Å². The smallest absolute Gasteiger partial charge is 0.238 e. The van der Waals surface area contributed by atoms with Crippen LogP contribution >= 0.6 is 12.2 Å². The maximum absolute atomic E-state index is 13.2. The maximum Gasteiger partial charge on any atom is 0.238 e. The predicted molar refractivity (Wildman–Crippen MR) is 109 cm³/mol. The molecule has 148 valence electrons. The zero-order valence-corrected chi connectivity index (χ0v) is 16.1. The monoisotopic (exact) mass is 404 g/mol. The highest BCUT2D eigenvalue weighted by atomic mass is 32.1. The number of piperazine rings is 1. The van der Waals surface area contributed by atoms with Gasteiger partial charge in [-0.25, -0.2) is 8.78 Å². The third-order valence-corrected chi connectivity index (χ3v) is 4.89. The van der Waals surface area contributed by atoms with Gasteiger partial charge in [-0.2, -0.15) is 0 Å². The van der Waals surface area contributed by atoms with Crippen molar-refractivity contribution in [1.82, 2.24) is 15.1 Å². The van der Waals surface area contributed by atoms with Crippen molar-refractivity contribution >= 4 is 28.9 Å². The van der Waals surface area contributed by atoms with Crippen molar-refractivity contribution in [2.24, 2.45) is 0 Å². The Morgan fingerprint density at radius 2 is 1.71 bits per heavy atom. The van der Waals surface area contributed by atoms with Crippen LogP contribution in [-0.2, 0) is 11.3 Å². The van der Waals surface area contributed by atoms with Gasteiger partial charge in [0, 0.05) is 38.4 Å². The van der Waals surface area contributed by atoms with Crippen LogP contribution in [0.4, 0.5) is 14.5 Å². The highest BCUT2D eigenvalue weighted by Gasteiger charge is 2.20. The fourth-order valence-electron chi connectivity index (χ4n) is 2.97. The SMILES string of the molecule is O=C(CN1CCN(C(=S)NCc2ccc(F)cc2)CC1)Nc1cccc(F)c1. The maximum atomic E-state index is 13.2. The number of carbonyl (C=O) groups is 1. The first-order valence-corrected chi connectivity index (χ1v) is 9.45. The Labute approximate surface area is 168 Å². The number of hydrogen-bond donors (Lipinski definition) is 2. The van der Waals surface area contributed by atoms with E-state index in [9.17, 15) is 13.6 Å². The lowest BCUT2D eigenvalue weighted by molar-refractivity contribution is -0.117. The van der Waals surface area contributed by atoms with E-state index < -0.39 is 0 Å². The van der Waals surface area contributed by atoms with Crippen LogP contribution in [0.2, 0.25) is 0 Å². The Morgan fingerprint density at radius 3 is 2.39 bits per heavy atom. The van der Waals surface area contributed by atoms with Gasteiger partial charge in [-0.1, -0.05) is 18.2 Å². The van der Waals surface area contributed by atoms with Crippen molar-refractivity contribution in [2.45, 2.75) is 6.54 Å². The molecular formula is C20H22F2N4OS. The molecule has 0 saturated carbocycles. The number of anilines is 1. The van der Waals surface area contributed by atoms with Gasteiger partial charge >= 0.3 is 0 Å². The van der Waals surface area contributed by atoms with Crippen molar-refractivity contribution in [3.8, 4) is 0 Å². The number of amides is 1. The van der Waals surface area contributed by atoms with Crippen LogP contribution in [0.15, 0.2) is 48.5 Å². The molecule has 2 aromatic carbocycles. The zero-order valence-electron chi connectivity index (χ0n) is 15.3. The molecule has 0 unspecified atom stereocenters. The molecule has 5 nitrogen and oxygen atoms in total. The molecule has 0 atom stereocenters. The first-order valence-electron chi connectivity index (χ1n) is 9.04. The molecule has 2 N–H and O–H groups in total. The van der Waals surface area contributed by atoms with Crippen molar-refractivity contribution in [1.29, 1.82) is 0 Å². The molecule has 28 heavy (non-hydrogen) atoms. The van der Waals surface area contributed by atoms with Gasteiger partial charge < -0.3 is 15.5 Å². The first kappa shape index (κ1) is 20.2. The summed E-state index contributed by atoms with van der Waals surface area (Å²) in [5, 5.41) is 6.54. The summed E-state index contributed by atoms with van der Waals surface area (Å²) in [6.07, 6.45) is 0. The standard InChI is InChI=1S/C20H22F2N4OS/c21-16-6-4-15(5-7-16)13-23-20(28)26-10-8-25(9-11-26)14-19(27)24-18-3-1-2-17(22)12-18/h1-7,12H,8-11,13-14H2,(H,23,28)(H,24,27). The number of nitrogens with one attached hydrogen (secondary N) is 2. The molecule has 1 saturated heterocycles. The van der Waals surface area contributed by atoms with Crippen LogP contribution in [0, 0.1) is 11.6 Å². The van der Waals surface area contributed by atoms with E-state index in [1.165, 1.54) is 24.3 Å². The normalized spacial score (nSPS) is 14.6. The van der Waals surface area contributed by atoms with Gasteiger partial charge in [0.1, 0.15) is 11.6 Å². The highest BCUT2D eigenvalue weighted by Crippen LogP contribution is 2.10. The molecule has 1 amide bonds. The van der Waals surface area contributed by atoms with Gasteiger partial charge in [-0.15, -0.1) is 0 Å². The molecule has 0 spiro atoms. The lowest BCUT2D eigenvalue weighted by Crippen LogP contribution is -2.52. The van der Waals surface area contributed by atoms with Gasteiger partial charge in [0.25, 0.3) is 0 Å². The molecule has 0 bridgehead atoms. The predicted octanol–water partition coefficient (Wildman–Crippen LogP) is 2.60. The lowest BCUT2D eigenvalue weighted by atomic mass is 10.2. The van der Waals surface area contributed by atoms with Crippen molar-refractivity contribution in [2.75, 3.05) is 38.0 Å². The van der Waals surface area contributed by atoms with Gasteiger partial charge in [0.15, 0.2) is 5.11 Å². The van der Waals surface area contributed by atoms with Crippen LogP contribution in [-0.4, -0.2) is 53.5 Å². The molecule has 0 aromatic heterocycles. The summed E-state index contributed by atoms with van der Waals surface area (Å²) in [5.41, 5.74) is 1.41. The Hall–Kier alpha value is -2.58. The molecule has 1 heterocycles. The number of benzene rings is 2. The van der Waals surface area contributed by atoms with E-state index in [0.29, 0.717) is 43.5 Å². The number of hydrogen-bond acceptors (Lipinski definition) is 3. The van der Waals surface area contributed by atoms with E-state index in [0.717, 1.165) is 5.56 Å². The summed E-state index contributed by atoms with van der Waals surface area (Å²) in [5.74, 6) is -0.812. The van der Waals surface area contributed by atoms with Crippen molar-refractivity contribution in [3.63, 3.8) is 0 Å². The number of thiocarbonyl (C=S) groups is 1. The van der Waals surface area contributed by atoms with Gasteiger partial charge in [-0.05, 0) is 48.1 Å². The van der Waals surface area contributed by atoms with Crippen molar-refractivity contribution in [3.05, 3.63) is 65.7 Å². The molecule has 1 fully saturated rings. The van der Waals surface area contributed by atoms with E-state index in [4.69, 9.17) is 12.2 Å². The van der Waals surface area contributed by atoms with Crippen molar-refractivity contribution < 1.29 is 13.6 Å². The Kier molecular flexibility index (Phi) is 6.89. The Balaban J connectivity index is 1.39. The molecule has 0 aliphatic carbocycles. The molecule has 8 heteroatoms. The molecule has 3 rings (SSSR count). The third kappa shape index (κ3) is 5.97. The Morgan fingerprint density at radius 1 is 1.00 bits per heavy atom. The summed E-state index contributed by atoms with van der Waals surface area (Å²) >= 11 is 5.43. The van der Waals surface area contributed by atoms with Gasteiger partial charge in [0.2, 0.25) is 5.91 Å². The van der Waals surface area contributed by atoms with Crippen LogP contribution in [0.3, 0.4) is 0 Å². The fraction of sp³-hybridized carbons (Fsp3) is 0.300. The largest absolute Gasteiger partial charge is 0.358 e. The summed E-state index contributed by atoms with van der Waals surface area (Å²) in [7, 11) is 0. The number of halogens is 2. The minimum absolute atomic E-state index is 0.170. The summed E-state index contributed by atoms with van der Waals surface area (Å²) in [4.78, 5) is 16.2. The van der Waals surface area contributed by atoms with E-state index in [1.54, 1.807) is 24.3 Å². The minimum atomic E-state index is -0.381. The molecule has 1 aliphatic rings. The summed E-state index contributed by atoms with van der Waals surface area (Å²) in [6, 6.07) is 12.1. The average molecular weight is 404 g/mol. The Bertz CT molecular complexity index is 823. The molecular weight excluding hydrogens is 382 g/mol. The topological polar surface area (TPSA) is 47.6 Å².